The number of ether oxygens (including phenoxy) is 1. The lowest BCUT2D eigenvalue weighted by Gasteiger charge is -2.14. The molecule has 0 aliphatic carbocycles. The highest BCUT2D eigenvalue weighted by Crippen LogP contribution is 2.31. The van der Waals surface area contributed by atoms with Crippen molar-refractivity contribution in [3.8, 4) is 10.4 Å². The first-order chi connectivity index (χ1) is 10.6. The Labute approximate surface area is 137 Å². The van der Waals surface area contributed by atoms with Crippen LogP contribution in [0.3, 0.4) is 0 Å². The number of nitrogens with zero attached hydrogens (tertiary/aromatic N) is 1. The lowest BCUT2D eigenvalue weighted by Crippen LogP contribution is -2.29. The van der Waals surface area contributed by atoms with Crippen LogP contribution < -0.4 is 0 Å². The number of rotatable bonds is 3. The Morgan fingerprint density at radius 1 is 1.36 bits per heavy atom. The highest BCUT2D eigenvalue weighted by molar-refractivity contribution is 7.17. The maximum absolute atomic E-state index is 12.5. The second kappa shape index (κ2) is 6.38. The van der Waals surface area contributed by atoms with Crippen LogP contribution in [0.15, 0.2) is 36.4 Å². The molecule has 0 spiro atoms. The van der Waals surface area contributed by atoms with Gasteiger partial charge >= 0.3 is 0 Å². The van der Waals surface area contributed by atoms with E-state index in [0.717, 1.165) is 10.4 Å². The summed E-state index contributed by atoms with van der Waals surface area (Å²) < 4.78 is 5.17. The van der Waals surface area contributed by atoms with Crippen molar-refractivity contribution < 1.29 is 14.6 Å². The van der Waals surface area contributed by atoms with Gasteiger partial charge in [0.25, 0.3) is 5.91 Å². The van der Waals surface area contributed by atoms with Gasteiger partial charge in [0.1, 0.15) is 6.10 Å². The second-order valence-electron chi connectivity index (χ2n) is 5.23. The molecule has 3 rings (SSSR count). The number of hydrogen-bond acceptors (Lipinski definition) is 4. The zero-order chi connectivity index (χ0) is 15.7. The van der Waals surface area contributed by atoms with Gasteiger partial charge in [0.2, 0.25) is 0 Å². The Kier molecular flexibility index (Phi) is 4.49. The molecule has 1 fully saturated rings. The number of carbonyl (C=O) groups is 1. The number of halogens is 1. The molecular formula is C16H16ClNO3S. The van der Waals surface area contributed by atoms with Crippen LogP contribution in [-0.4, -0.2) is 48.3 Å². The molecule has 1 amide bonds. The number of likely N-dealkylation sites (tertiary alicyclic amines) is 1. The maximum atomic E-state index is 12.5. The zero-order valence-corrected chi connectivity index (χ0v) is 13.6. The minimum Gasteiger partial charge on any atom is -0.388 e. The molecule has 1 aromatic carbocycles. The molecule has 0 saturated carbocycles. The van der Waals surface area contributed by atoms with Crippen molar-refractivity contribution in [2.75, 3.05) is 20.2 Å². The first-order valence-electron chi connectivity index (χ1n) is 6.94. The smallest absolute Gasteiger partial charge is 0.264 e. The first kappa shape index (κ1) is 15.5. The Morgan fingerprint density at radius 2 is 2.18 bits per heavy atom. The molecule has 2 atom stereocenters. The van der Waals surface area contributed by atoms with E-state index in [1.807, 2.05) is 36.4 Å². The molecule has 22 heavy (non-hydrogen) atoms. The Hall–Kier alpha value is -1.40. The summed E-state index contributed by atoms with van der Waals surface area (Å²) in [6.45, 7) is 0.725. The lowest BCUT2D eigenvalue weighted by atomic mass is 10.2. The van der Waals surface area contributed by atoms with Crippen molar-refractivity contribution in [1.29, 1.82) is 0 Å². The van der Waals surface area contributed by atoms with Gasteiger partial charge < -0.3 is 14.7 Å². The summed E-state index contributed by atoms with van der Waals surface area (Å²) in [5, 5.41) is 10.5. The number of benzene rings is 1. The van der Waals surface area contributed by atoms with E-state index >= 15 is 0 Å². The van der Waals surface area contributed by atoms with Crippen molar-refractivity contribution in [2.24, 2.45) is 0 Å². The van der Waals surface area contributed by atoms with E-state index in [0.29, 0.717) is 23.0 Å². The van der Waals surface area contributed by atoms with Crippen LogP contribution in [0.5, 0.6) is 0 Å². The highest BCUT2D eigenvalue weighted by atomic mass is 35.5. The van der Waals surface area contributed by atoms with Gasteiger partial charge in [0.15, 0.2) is 0 Å². The van der Waals surface area contributed by atoms with E-state index < -0.39 is 6.10 Å². The number of carbonyl (C=O) groups excluding carboxylic acids is 1. The summed E-state index contributed by atoms with van der Waals surface area (Å²) >= 11 is 7.43. The Balaban J connectivity index is 1.78. The molecular weight excluding hydrogens is 322 g/mol. The van der Waals surface area contributed by atoms with Crippen molar-refractivity contribution in [3.05, 3.63) is 46.3 Å². The molecule has 4 nitrogen and oxygen atoms in total. The van der Waals surface area contributed by atoms with Crippen molar-refractivity contribution in [3.63, 3.8) is 0 Å². The monoisotopic (exact) mass is 337 g/mol. The molecule has 1 saturated heterocycles. The topological polar surface area (TPSA) is 49.8 Å². The summed E-state index contributed by atoms with van der Waals surface area (Å²) in [5.74, 6) is -0.0723. The molecule has 0 bridgehead atoms. The number of β-amino-alcohol motifs (C(OH)–C–C–N with tert-alkyl or cyclic N) is 1. The third-order valence-electron chi connectivity index (χ3n) is 3.75. The van der Waals surface area contributed by atoms with Gasteiger partial charge in [0.05, 0.1) is 11.0 Å². The van der Waals surface area contributed by atoms with Crippen LogP contribution in [0.25, 0.3) is 10.4 Å². The van der Waals surface area contributed by atoms with Crippen LogP contribution in [0.4, 0.5) is 0 Å². The van der Waals surface area contributed by atoms with Crippen molar-refractivity contribution in [1.82, 2.24) is 4.90 Å². The summed E-state index contributed by atoms with van der Waals surface area (Å²) in [7, 11) is 1.55. The van der Waals surface area contributed by atoms with Crippen molar-refractivity contribution in [2.45, 2.75) is 12.2 Å². The Bertz CT molecular complexity index is 688. The van der Waals surface area contributed by atoms with E-state index in [1.165, 1.54) is 11.3 Å². The predicted octanol–water partition coefficient (Wildman–Crippen LogP) is 2.90. The first-order valence-corrected chi connectivity index (χ1v) is 8.14. The molecule has 2 heterocycles. The number of aliphatic hydroxyl groups excluding tert-OH is 1. The molecule has 1 aromatic heterocycles. The van der Waals surface area contributed by atoms with Crippen LogP contribution >= 0.6 is 22.9 Å². The highest BCUT2D eigenvalue weighted by Gasteiger charge is 2.34. The average Bonchev–Trinajstić information content (AvgIpc) is 3.13. The number of thiophene rings is 1. The number of aliphatic hydroxyl groups is 1. The summed E-state index contributed by atoms with van der Waals surface area (Å²) in [6, 6.07) is 11.3. The van der Waals surface area contributed by atoms with E-state index in [9.17, 15) is 9.90 Å². The van der Waals surface area contributed by atoms with Crippen LogP contribution in [0, 0.1) is 0 Å². The molecule has 1 aliphatic heterocycles. The fraction of sp³-hybridized carbons (Fsp3) is 0.312. The lowest BCUT2D eigenvalue weighted by molar-refractivity contribution is 0.0215. The molecule has 0 radical (unpaired) electrons. The van der Waals surface area contributed by atoms with E-state index in [1.54, 1.807) is 12.0 Å². The minimum absolute atomic E-state index is 0.0723. The van der Waals surface area contributed by atoms with Crippen LogP contribution in [0.1, 0.15) is 9.67 Å². The van der Waals surface area contributed by atoms with Gasteiger partial charge in [-0.3, -0.25) is 4.79 Å². The molecule has 1 N–H and O–H groups in total. The number of methoxy groups -OCH3 is 1. The standard InChI is InChI=1S/C16H16ClNO3S/c1-21-13-9-18(8-12(13)19)16(20)15-6-5-14(22-15)10-3-2-4-11(17)7-10/h2-7,12-13,19H,8-9H2,1H3/t12-,13-/m1/s1. The molecule has 116 valence electrons. The molecule has 2 aromatic rings. The van der Waals surface area contributed by atoms with E-state index in [4.69, 9.17) is 16.3 Å². The van der Waals surface area contributed by atoms with Gasteiger partial charge in [-0.25, -0.2) is 0 Å². The summed E-state index contributed by atoms with van der Waals surface area (Å²) in [4.78, 5) is 15.8. The number of amides is 1. The minimum atomic E-state index is -0.624. The van der Waals surface area contributed by atoms with Crippen LogP contribution in [0.2, 0.25) is 5.02 Å². The zero-order valence-electron chi connectivity index (χ0n) is 12.0. The normalized spacial score (nSPS) is 21.3. The molecule has 1 aliphatic rings. The van der Waals surface area contributed by atoms with E-state index in [-0.39, 0.29) is 12.0 Å². The van der Waals surface area contributed by atoms with Gasteiger partial charge in [0, 0.05) is 30.1 Å². The second-order valence-corrected chi connectivity index (χ2v) is 6.75. The maximum Gasteiger partial charge on any atom is 0.264 e. The van der Waals surface area contributed by atoms with Crippen LogP contribution in [-0.2, 0) is 4.74 Å². The summed E-state index contributed by atoms with van der Waals surface area (Å²) in [5.41, 5.74) is 0.993. The van der Waals surface area contributed by atoms with Gasteiger partial charge in [-0.15, -0.1) is 11.3 Å². The van der Waals surface area contributed by atoms with Crippen molar-refractivity contribution >= 4 is 28.8 Å². The Morgan fingerprint density at radius 3 is 2.86 bits per heavy atom. The van der Waals surface area contributed by atoms with Gasteiger partial charge in [-0.1, -0.05) is 23.7 Å². The largest absolute Gasteiger partial charge is 0.388 e. The molecule has 6 heteroatoms. The SMILES string of the molecule is CO[C@@H]1CN(C(=O)c2ccc(-c3cccc(Cl)c3)s2)C[C@H]1O. The quantitative estimate of drug-likeness (QED) is 0.937. The fourth-order valence-electron chi connectivity index (χ4n) is 2.56. The van der Waals surface area contributed by atoms with E-state index in [2.05, 4.69) is 0 Å². The number of hydrogen-bond donors (Lipinski definition) is 1. The predicted molar refractivity (Wildman–Crippen MR) is 87.5 cm³/mol. The third kappa shape index (κ3) is 3.03. The van der Waals surface area contributed by atoms with Gasteiger partial charge in [-0.2, -0.15) is 0 Å². The fourth-order valence-corrected chi connectivity index (χ4v) is 3.72. The third-order valence-corrected chi connectivity index (χ3v) is 5.11. The molecule has 0 unspecified atom stereocenters. The average molecular weight is 338 g/mol. The summed E-state index contributed by atoms with van der Waals surface area (Å²) in [6.07, 6.45) is -0.933. The van der Waals surface area contributed by atoms with Gasteiger partial charge in [-0.05, 0) is 29.8 Å².